The van der Waals surface area contributed by atoms with Crippen LogP contribution in [0.5, 0.6) is 0 Å². The summed E-state index contributed by atoms with van der Waals surface area (Å²) in [6.07, 6.45) is 4.52. The first kappa shape index (κ1) is 14.6. The fourth-order valence-corrected chi connectivity index (χ4v) is 3.18. The molecule has 2 N–H and O–H groups in total. The van der Waals surface area contributed by atoms with E-state index in [0.717, 1.165) is 32.4 Å². The molecule has 0 aromatic heterocycles. The van der Waals surface area contributed by atoms with E-state index in [1.807, 2.05) is 6.92 Å². The van der Waals surface area contributed by atoms with Gasteiger partial charge in [0.1, 0.15) is 0 Å². The van der Waals surface area contributed by atoms with Gasteiger partial charge in [-0.05, 0) is 32.7 Å². The minimum absolute atomic E-state index is 0.0151. The minimum Gasteiger partial charge on any atom is -0.352 e. The lowest BCUT2D eigenvalue weighted by molar-refractivity contribution is -0.132. The van der Waals surface area contributed by atoms with E-state index in [2.05, 4.69) is 17.6 Å². The zero-order chi connectivity index (χ0) is 12.9. The molecule has 17 heavy (non-hydrogen) atoms. The topological polar surface area (TPSA) is 58.2 Å². The highest BCUT2D eigenvalue weighted by molar-refractivity contribution is 7.84. The molecule has 4 nitrogen and oxygen atoms in total. The molecule has 0 aromatic rings. The van der Waals surface area contributed by atoms with Crippen molar-refractivity contribution in [3.05, 3.63) is 0 Å². The van der Waals surface area contributed by atoms with Crippen molar-refractivity contribution in [3.63, 3.8) is 0 Å². The summed E-state index contributed by atoms with van der Waals surface area (Å²) in [4.78, 5) is 12.3. The molecule has 1 saturated heterocycles. The molecule has 0 radical (unpaired) electrons. The van der Waals surface area contributed by atoms with Gasteiger partial charge >= 0.3 is 0 Å². The van der Waals surface area contributed by atoms with Gasteiger partial charge in [-0.2, -0.15) is 0 Å². The van der Waals surface area contributed by atoms with Crippen LogP contribution in [0.4, 0.5) is 0 Å². The summed E-state index contributed by atoms with van der Waals surface area (Å²) < 4.78 is 11.1. The molecule has 1 heterocycles. The Kier molecular flexibility index (Phi) is 5.59. The first-order valence-corrected chi connectivity index (χ1v) is 8.04. The average molecular weight is 260 g/mol. The molecule has 0 spiro atoms. The molecule has 1 aliphatic heterocycles. The minimum atomic E-state index is -0.863. The van der Waals surface area contributed by atoms with Crippen LogP contribution in [-0.2, 0) is 15.6 Å². The molecule has 0 aromatic carbocycles. The van der Waals surface area contributed by atoms with E-state index < -0.39 is 10.8 Å². The fourth-order valence-electron chi connectivity index (χ4n) is 2.39. The van der Waals surface area contributed by atoms with Gasteiger partial charge in [-0.25, -0.2) is 0 Å². The zero-order valence-corrected chi connectivity index (χ0v) is 11.9. The highest BCUT2D eigenvalue weighted by Crippen LogP contribution is 2.30. The lowest BCUT2D eigenvalue weighted by Crippen LogP contribution is -2.52. The second kappa shape index (κ2) is 6.50. The second-order valence-electron chi connectivity index (χ2n) is 5.03. The van der Waals surface area contributed by atoms with Crippen molar-refractivity contribution >= 4 is 16.7 Å². The largest absolute Gasteiger partial charge is 0.352 e. The summed E-state index contributed by atoms with van der Waals surface area (Å²) in [6.45, 7) is 5.75. The van der Waals surface area contributed by atoms with Gasteiger partial charge < -0.3 is 10.6 Å². The van der Waals surface area contributed by atoms with Crippen molar-refractivity contribution in [1.82, 2.24) is 10.6 Å². The smallest absolute Gasteiger partial charge is 0.227 e. The summed E-state index contributed by atoms with van der Waals surface area (Å²) in [5.41, 5.74) is -0.262. The summed E-state index contributed by atoms with van der Waals surface area (Å²) in [5.74, 6) is 0.643. The Labute approximate surface area is 106 Å². The summed E-state index contributed by atoms with van der Waals surface area (Å²) >= 11 is 0. The van der Waals surface area contributed by atoms with E-state index in [0.29, 0.717) is 5.75 Å². The van der Waals surface area contributed by atoms with Gasteiger partial charge in [0.2, 0.25) is 5.91 Å². The summed E-state index contributed by atoms with van der Waals surface area (Å²) in [7, 11) is -0.863. The number of hydrogen-bond donors (Lipinski definition) is 2. The van der Waals surface area contributed by atoms with Crippen molar-refractivity contribution < 1.29 is 9.00 Å². The van der Waals surface area contributed by atoms with Gasteiger partial charge in [0.05, 0.1) is 5.41 Å². The van der Waals surface area contributed by atoms with E-state index >= 15 is 0 Å². The van der Waals surface area contributed by atoms with Gasteiger partial charge in [-0.1, -0.05) is 6.92 Å². The molecular weight excluding hydrogens is 236 g/mol. The number of hydrogen-bond acceptors (Lipinski definition) is 3. The molecule has 0 aliphatic carbocycles. The predicted octanol–water partition coefficient (Wildman–Crippen LogP) is 0.649. The van der Waals surface area contributed by atoms with Gasteiger partial charge in [0, 0.05) is 35.4 Å². The molecule has 3 atom stereocenters. The molecule has 1 fully saturated rings. The second-order valence-corrected chi connectivity index (χ2v) is 6.51. The lowest BCUT2D eigenvalue weighted by Gasteiger charge is -2.36. The number of piperidine rings is 1. The molecule has 0 saturated carbocycles. The molecule has 5 heteroatoms. The van der Waals surface area contributed by atoms with E-state index in [1.54, 1.807) is 6.26 Å². The molecule has 3 unspecified atom stereocenters. The standard InChI is InChI=1S/C12H24N2O2S/c1-4-12(6-5-7-13-9-12)11(15)14-10(2)8-17(3)16/h10,13H,4-9H2,1-3H3,(H,14,15). The van der Waals surface area contributed by atoms with Crippen molar-refractivity contribution in [1.29, 1.82) is 0 Å². The van der Waals surface area contributed by atoms with Gasteiger partial charge in [0.15, 0.2) is 0 Å². The molecule has 100 valence electrons. The van der Waals surface area contributed by atoms with Crippen LogP contribution in [0.3, 0.4) is 0 Å². The fraction of sp³-hybridized carbons (Fsp3) is 0.917. The first-order valence-electron chi connectivity index (χ1n) is 6.32. The molecular formula is C12H24N2O2S. The Morgan fingerprint density at radius 2 is 2.29 bits per heavy atom. The first-order chi connectivity index (χ1) is 8.00. The molecule has 1 rings (SSSR count). The maximum atomic E-state index is 12.3. The normalized spacial score (nSPS) is 28.4. The number of carbonyl (C=O) groups excluding carboxylic acids is 1. The monoisotopic (exact) mass is 260 g/mol. The Bertz CT molecular complexity index is 288. The Hall–Kier alpha value is -0.420. The van der Waals surface area contributed by atoms with Crippen LogP contribution in [-0.4, -0.2) is 41.3 Å². The van der Waals surface area contributed by atoms with Crippen molar-refractivity contribution in [2.45, 2.75) is 39.2 Å². The van der Waals surface area contributed by atoms with Crippen molar-refractivity contribution in [3.8, 4) is 0 Å². The van der Waals surface area contributed by atoms with Crippen LogP contribution in [0.15, 0.2) is 0 Å². The molecule has 0 bridgehead atoms. The van der Waals surface area contributed by atoms with E-state index in [9.17, 15) is 9.00 Å². The highest BCUT2D eigenvalue weighted by atomic mass is 32.2. The number of amides is 1. The van der Waals surface area contributed by atoms with Crippen LogP contribution >= 0.6 is 0 Å². The third-order valence-corrected chi connectivity index (χ3v) is 4.46. The number of nitrogens with one attached hydrogen (secondary N) is 2. The van der Waals surface area contributed by atoms with Crippen molar-refractivity contribution in [2.75, 3.05) is 25.1 Å². The lowest BCUT2D eigenvalue weighted by atomic mass is 9.77. The van der Waals surface area contributed by atoms with E-state index in [4.69, 9.17) is 0 Å². The highest BCUT2D eigenvalue weighted by Gasteiger charge is 2.38. The third kappa shape index (κ3) is 4.07. The Morgan fingerprint density at radius 3 is 2.76 bits per heavy atom. The number of carbonyl (C=O) groups is 1. The van der Waals surface area contributed by atoms with E-state index in [-0.39, 0.29) is 17.4 Å². The van der Waals surface area contributed by atoms with Gasteiger partial charge in [-0.3, -0.25) is 9.00 Å². The quantitative estimate of drug-likeness (QED) is 0.763. The van der Waals surface area contributed by atoms with Crippen LogP contribution in [0, 0.1) is 5.41 Å². The van der Waals surface area contributed by atoms with E-state index in [1.165, 1.54) is 0 Å². The van der Waals surface area contributed by atoms with Crippen LogP contribution in [0.25, 0.3) is 0 Å². The maximum Gasteiger partial charge on any atom is 0.227 e. The van der Waals surface area contributed by atoms with Crippen LogP contribution in [0.2, 0.25) is 0 Å². The van der Waals surface area contributed by atoms with Gasteiger partial charge in [0.25, 0.3) is 0 Å². The van der Waals surface area contributed by atoms with Gasteiger partial charge in [-0.15, -0.1) is 0 Å². The van der Waals surface area contributed by atoms with Crippen LogP contribution < -0.4 is 10.6 Å². The summed E-state index contributed by atoms with van der Waals surface area (Å²) in [5, 5.41) is 6.30. The predicted molar refractivity (Wildman–Crippen MR) is 71.4 cm³/mol. The molecule has 1 aliphatic rings. The third-order valence-electron chi connectivity index (χ3n) is 3.49. The van der Waals surface area contributed by atoms with Crippen molar-refractivity contribution in [2.24, 2.45) is 5.41 Å². The molecule has 1 amide bonds. The SMILES string of the molecule is CCC1(C(=O)NC(C)CS(C)=O)CCCNC1. The Morgan fingerprint density at radius 1 is 1.59 bits per heavy atom. The Balaban J connectivity index is 2.57. The zero-order valence-electron chi connectivity index (χ0n) is 11.0. The average Bonchev–Trinajstić information content (AvgIpc) is 2.28. The summed E-state index contributed by atoms with van der Waals surface area (Å²) in [6, 6.07) is -0.0151. The maximum absolute atomic E-state index is 12.3. The van der Waals surface area contributed by atoms with Crippen LogP contribution in [0.1, 0.15) is 33.1 Å². The number of rotatable bonds is 5.